The number of piperidine rings is 1. The highest BCUT2D eigenvalue weighted by molar-refractivity contribution is 7.89. The van der Waals surface area contributed by atoms with E-state index in [0.29, 0.717) is 26.1 Å². The summed E-state index contributed by atoms with van der Waals surface area (Å²) in [5, 5.41) is 9.83. The van der Waals surface area contributed by atoms with Gasteiger partial charge in [-0.25, -0.2) is 13.6 Å². The predicted molar refractivity (Wildman–Crippen MR) is 119 cm³/mol. The van der Waals surface area contributed by atoms with E-state index in [1.54, 1.807) is 0 Å². The Hall–Kier alpha value is -2.48. The molecule has 1 aromatic heterocycles. The van der Waals surface area contributed by atoms with Crippen LogP contribution in [0, 0.1) is 6.92 Å². The first-order chi connectivity index (χ1) is 14.4. The topological polar surface area (TPSA) is 81.2 Å². The number of likely N-dealkylation sites (tertiary alicyclic amines) is 1. The molecule has 6 nitrogen and oxygen atoms in total. The molecule has 0 saturated carbocycles. The van der Waals surface area contributed by atoms with Crippen LogP contribution in [-0.4, -0.2) is 41.4 Å². The SMILES string of the molecule is Cc1cccc(-c2nn(Cc3ccccc3)cc2CN2CCC[C@@H](S(N)(=O)=O)C2)c1. The molecule has 1 aliphatic rings. The number of rotatable bonds is 6. The minimum Gasteiger partial charge on any atom is -0.298 e. The first-order valence-electron chi connectivity index (χ1n) is 10.3. The summed E-state index contributed by atoms with van der Waals surface area (Å²) in [5.74, 6) is 0. The van der Waals surface area contributed by atoms with Crippen LogP contribution in [-0.2, 0) is 23.1 Å². The second-order valence-corrected chi connectivity index (χ2v) is 9.99. The van der Waals surface area contributed by atoms with E-state index < -0.39 is 15.3 Å². The van der Waals surface area contributed by atoms with Crippen LogP contribution in [0.25, 0.3) is 11.3 Å². The van der Waals surface area contributed by atoms with Gasteiger partial charge in [0.2, 0.25) is 10.0 Å². The second kappa shape index (κ2) is 8.71. The standard InChI is InChI=1S/C23H28N4O2S/c1-18-7-5-10-20(13-18)23-21(15-26-12-6-11-22(17-26)30(24,28)29)16-27(25-23)14-19-8-3-2-4-9-19/h2-5,7-10,13,16,22H,6,11-12,14-15,17H2,1H3,(H2,24,28,29)/t22-/m1/s1. The van der Waals surface area contributed by atoms with E-state index >= 15 is 0 Å². The molecule has 4 rings (SSSR count). The van der Waals surface area contributed by atoms with Crippen molar-refractivity contribution in [2.45, 2.75) is 38.1 Å². The fourth-order valence-electron chi connectivity index (χ4n) is 4.13. The van der Waals surface area contributed by atoms with Crippen LogP contribution < -0.4 is 5.14 Å². The van der Waals surface area contributed by atoms with Crippen LogP contribution >= 0.6 is 0 Å². The van der Waals surface area contributed by atoms with Crippen LogP contribution in [0.4, 0.5) is 0 Å². The van der Waals surface area contributed by atoms with Gasteiger partial charge in [-0.3, -0.25) is 9.58 Å². The maximum Gasteiger partial charge on any atom is 0.213 e. The van der Waals surface area contributed by atoms with Gasteiger partial charge in [-0.2, -0.15) is 5.10 Å². The lowest BCUT2D eigenvalue weighted by molar-refractivity contribution is 0.222. The summed E-state index contributed by atoms with van der Waals surface area (Å²) >= 11 is 0. The molecule has 1 fully saturated rings. The zero-order valence-electron chi connectivity index (χ0n) is 17.2. The molecule has 30 heavy (non-hydrogen) atoms. The molecule has 1 atom stereocenters. The Morgan fingerprint density at radius 3 is 2.63 bits per heavy atom. The minimum absolute atomic E-state index is 0.468. The van der Waals surface area contributed by atoms with E-state index in [1.165, 1.54) is 11.1 Å². The third-order valence-electron chi connectivity index (χ3n) is 5.64. The van der Waals surface area contributed by atoms with Gasteiger partial charge in [0.25, 0.3) is 0 Å². The molecule has 0 spiro atoms. The first-order valence-corrected chi connectivity index (χ1v) is 11.9. The van der Waals surface area contributed by atoms with Crippen molar-refractivity contribution in [3.8, 4) is 11.3 Å². The number of aromatic nitrogens is 2. The summed E-state index contributed by atoms with van der Waals surface area (Å²) < 4.78 is 25.7. The number of hydrogen-bond donors (Lipinski definition) is 1. The molecule has 3 aromatic rings. The molecule has 2 N–H and O–H groups in total. The third-order valence-corrected chi connectivity index (χ3v) is 6.95. The molecule has 0 radical (unpaired) electrons. The van der Waals surface area contributed by atoms with Gasteiger partial charge in [-0.1, -0.05) is 54.1 Å². The fourth-order valence-corrected chi connectivity index (χ4v) is 5.04. The smallest absolute Gasteiger partial charge is 0.213 e. The van der Waals surface area contributed by atoms with Crippen molar-refractivity contribution >= 4 is 10.0 Å². The highest BCUT2D eigenvalue weighted by Gasteiger charge is 2.28. The number of benzene rings is 2. The van der Waals surface area contributed by atoms with Crippen molar-refractivity contribution < 1.29 is 8.42 Å². The van der Waals surface area contributed by atoms with Gasteiger partial charge in [-0.05, 0) is 37.9 Å². The van der Waals surface area contributed by atoms with Crippen LogP contribution in [0.2, 0.25) is 0 Å². The molecular formula is C23H28N4O2S. The summed E-state index contributed by atoms with van der Waals surface area (Å²) in [5.41, 5.74) is 5.51. The van der Waals surface area contributed by atoms with Crippen LogP contribution in [0.3, 0.4) is 0 Å². The minimum atomic E-state index is -3.52. The van der Waals surface area contributed by atoms with Crippen molar-refractivity contribution in [2.75, 3.05) is 13.1 Å². The van der Waals surface area contributed by atoms with E-state index in [0.717, 1.165) is 29.8 Å². The molecule has 158 valence electrons. The normalized spacial score (nSPS) is 17.9. The highest BCUT2D eigenvalue weighted by Crippen LogP contribution is 2.26. The Labute approximate surface area is 178 Å². The molecule has 0 aliphatic carbocycles. The van der Waals surface area contributed by atoms with Gasteiger partial charge < -0.3 is 0 Å². The van der Waals surface area contributed by atoms with Gasteiger partial charge in [-0.15, -0.1) is 0 Å². The summed E-state index contributed by atoms with van der Waals surface area (Å²) in [6.07, 6.45) is 3.55. The molecule has 7 heteroatoms. The van der Waals surface area contributed by atoms with Gasteiger partial charge in [0.1, 0.15) is 0 Å². The zero-order chi connectivity index (χ0) is 21.1. The molecular weight excluding hydrogens is 396 g/mol. The quantitative estimate of drug-likeness (QED) is 0.659. The van der Waals surface area contributed by atoms with E-state index in [9.17, 15) is 8.42 Å². The Balaban J connectivity index is 1.63. The highest BCUT2D eigenvalue weighted by atomic mass is 32.2. The molecule has 1 saturated heterocycles. The molecule has 2 aromatic carbocycles. The molecule has 0 amide bonds. The Morgan fingerprint density at radius 1 is 1.10 bits per heavy atom. The number of hydrogen-bond acceptors (Lipinski definition) is 4. The summed E-state index contributed by atoms with van der Waals surface area (Å²) in [6.45, 7) is 4.76. The van der Waals surface area contributed by atoms with Crippen molar-refractivity contribution in [2.24, 2.45) is 5.14 Å². The lowest BCUT2D eigenvalue weighted by Gasteiger charge is -2.31. The molecule has 0 bridgehead atoms. The Kier molecular flexibility index (Phi) is 6.04. The van der Waals surface area contributed by atoms with E-state index in [4.69, 9.17) is 10.2 Å². The van der Waals surface area contributed by atoms with E-state index in [1.807, 2.05) is 28.9 Å². The number of nitrogens with zero attached hydrogens (tertiary/aromatic N) is 3. The van der Waals surface area contributed by atoms with Crippen molar-refractivity contribution in [1.82, 2.24) is 14.7 Å². The van der Waals surface area contributed by atoms with Gasteiger partial charge in [0, 0.05) is 30.4 Å². The largest absolute Gasteiger partial charge is 0.298 e. The monoisotopic (exact) mass is 424 g/mol. The summed E-state index contributed by atoms with van der Waals surface area (Å²) in [7, 11) is -3.52. The van der Waals surface area contributed by atoms with Crippen molar-refractivity contribution in [3.63, 3.8) is 0 Å². The maximum atomic E-state index is 11.9. The molecule has 1 aliphatic heterocycles. The summed E-state index contributed by atoms with van der Waals surface area (Å²) in [6, 6.07) is 18.6. The molecule has 2 heterocycles. The van der Waals surface area contributed by atoms with Crippen LogP contribution in [0.15, 0.2) is 60.8 Å². The Morgan fingerprint density at radius 2 is 1.90 bits per heavy atom. The zero-order valence-corrected chi connectivity index (χ0v) is 18.1. The lowest BCUT2D eigenvalue weighted by atomic mass is 10.0. The molecule has 0 unspecified atom stereocenters. The fraction of sp³-hybridized carbons (Fsp3) is 0.348. The average Bonchev–Trinajstić information content (AvgIpc) is 3.10. The van der Waals surface area contributed by atoms with Crippen molar-refractivity contribution in [3.05, 3.63) is 77.5 Å². The first kappa shape index (κ1) is 20.8. The van der Waals surface area contributed by atoms with Crippen molar-refractivity contribution in [1.29, 1.82) is 0 Å². The Bertz CT molecular complexity index is 1110. The number of primary sulfonamides is 1. The number of aryl methyl sites for hydroxylation is 1. The summed E-state index contributed by atoms with van der Waals surface area (Å²) in [4.78, 5) is 2.18. The number of nitrogens with two attached hydrogens (primary N) is 1. The van der Waals surface area contributed by atoms with Gasteiger partial charge in [0.15, 0.2) is 0 Å². The average molecular weight is 425 g/mol. The number of sulfonamides is 1. The van der Waals surface area contributed by atoms with Crippen LogP contribution in [0.5, 0.6) is 0 Å². The van der Waals surface area contributed by atoms with E-state index in [2.05, 4.69) is 48.4 Å². The predicted octanol–water partition coefficient (Wildman–Crippen LogP) is 3.16. The lowest BCUT2D eigenvalue weighted by Crippen LogP contribution is -2.44. The van der Waals surface area contributed by atoms with E-state index in [-0.39, 0.29) is 0 Å². The maximum absolute atomic E-state index is 11.9. The van der Waals surface area contributed by atoms with Crippen LogP contribution in [0.1, 0.15) is 29.5 Å². The third kappa shape index (κ3) is 4.98. The van der Waals surface area contributed by atoms with Gasteiger partial charge in [0.05, 0.1) is 17.5 Å². The second-order valence-electron chi connectivity index (χ2n) is 8.14. The van der Waals surface area contributed by atoms with Gasteiger partial charge >= 0.3 is 0 Å².